The summed E-state index contributed by atoms with van der Waals surface area (Å²) in [5.74, 6) is 6.85. The van der Waals surface area contributed by atoms with E-state index in [-0.39, 0.29) is 6.61 Å². The number of thioether (sulfide) groups is 1. The Hall–Kier alpha value is -3.65. The van der Waals surface area contributed by atoms with Gasteiger partial charge in [0, 0.05) is 29.2 Å². The monoisotopic (exact) mass is 448 g/mol. The molecule has 9 nitrogen and oxygen atoms in total. The molecular formula is C22H20N6O3S. The third kappa shape index (κ3) is 4.50. The zero-order valence-corrected chi connectivity index (χ0v) is 18.0. The molecule has 32 heavy (non-hydrogen) atoms. The molecule has 0 aliphatic rings. The highest BCUT2D eigenvalue weighted by Crippen LogP contribution is 2.18. The zero-order valence-electron chi connectivity index (χ0n) is 17.2. The van der Waals surface area contributed by atoms with Crippen LogP contribution in [0.3, 0.4) is 0 Å². The van der Waals surface area contributed by atoms with Crippen LogP contribution < -0.4 is 0 Å². The molecule has 1 amide bonds. The molecule has 1 atom stereocenters. The number of imidazole rings is 1. The summed E-state index contributed by atoms with van der Waals surface area (Å²) in [5.41, 5.74) is 4.01. The molecule has 4 rings (SSSR count). The van der Waals surface area contributed by atoms with Gasteiger partial charge in [-0.05, 0) is 48.7 Å². The third-order valence-electron chi connectivity index (χ3n) is 4.87. The largest absolute Gasteiger partial charge is 0.388 e. The first-order chi connectivity index (χ1) is 15.6. The van der Waals surface area contributed by atoms with Gasteiger partial charge in [-0.2, -0.15) is 0 Å². The number of aliphatic hydroxyl groups is 1. The van der Waals surface area contributed by atoms with Crippen LogP contribution in [0.4, 0.5) is 0 Å². The number of hydrogen-bond acceptors (Lipinski definition) is 7. The first-order valence-electron chi connectivity index (χ1n) is 9.67. The Morgan fingerprint density at radius 3 is 2.66 bits per heavy atom. The van der Waals surface area contributed by atoms with Crippen LogP contribution in [0, 0.1) is 11.8 Å². The average Bonchev–Trinajstić information content (AvgIpc) is 3.47. The van der Waals surface area contributed by atoms with Crippen LogP contribution in [0.5, 0.6) is 0 Å². The second-order valence-electron chi connectivity index (χ2n) is 6.82. The lowest BCUT2D eigenvalue weighted by atomic mass is 10.1. The number of benzene rings is 2. The molecule has 0 aliphatic heterocycles. The molecular weight excluding hydrogens is 428 g/mol. The van der Waals surface area contributed by atoms with Gasteiger partial charge in [0.15, 0.2) is 0 Å². The lowest BCUT2D eigenvalue weighted by Crippen LogP contribution is -2.32. The number of amides is 1. The molecule has 162 valence electrons. The van der Waals surface area contributed by atoms with Gasteiger partial charge in [0.05, 0.1) is 12.1 Å². The van der Waals surface area contributed by atoms with Gasteiger partial charge >= 0.3 is 0 Å². The minimum atomic E-state index is -0.462. The van der Waals surface area contributed by atoms with Crippen molar-refractivity contribution in [2.45, 2.75) is 18.5 Å². The van der Waals surface area contributed by atoms with Gasteiger partial charge in [0.25, 0.3) is 0 Å². The van der Waals surface area contributed by atoms with Gasteiger partial charge < -0.3 is 9.67 Å². The Labute approximate surface area is 188 Å². The first-order valence-corrected chi connectivity index (χ1v) is 11.0. The molecule has 0 unspecified atom stereocenters. The van der Waals surface area contributed by atoms with Crippen molar-refractivity contribution < 1.29 is 15.1 Å². The molecule has 2 aromatic heterocycles. The Morgan fingerprint density at radius 1 is 1.19 bits per heavy atom. The molecule has 2 aromatic carbocycles. The topological polar surface area (TPSA) is 109 Å². The summed E-state index contributed by atoms with van der Waals surface area (Å²) in [7, 11) is 0. The van der Waals surface area contributed by atoms with E-state index in [2.05, 4.69) is 27.1 Å². The van der Waals surface area contributed by atoms with Crippen molar-refractivity contribution in [3.05, 3.63) is 71.8 Å². The summed E-state index contributed by atoms with van der Waals surface area (Å²) < 4.78 is 3.47. The maximum Gasteiger partial charge on any atom is 0.234 e. The summed E-state index contributed by atoms with van der Waals surface area (Å²) in [4.78, 5) is 14.9. The van der Waals surface area contributed by atoms with Crippen molar-refractivity contribution in [3.63, 3.8) is 0 Å². The Balaban J connectivity index is 1.52. The van der Waals surface area contributed by atoms with Crippen molar-refractivity contribution in [2.75, 3.05) is 6.26 Å². The fourth-order valence-electron chi connectivity index (χ4n) is 3.20. The van der Waals surface area contributed by atoms with Crippen LogP contribution in [0.2, 0.25) is 0 Å². The summed E-state index contributed by atoms with van der Waals surface area (Å²) >= 11 is 1.34. The van der Waals surface area contributed by atoms with Crippen molar-refractivity contribution >= 4 is 29.2 Å². The minimum Gasteiger partial charge on any atom is -0.388 e. The van der Waals surface area contributed by atoms with Crippen LogP contribution >= 0.6 is 11.8 Å². The molecule has 0 aliphatic carbocycles. The minimum absolute atomic E-state index is 0.130. The maximum absolute atomic E-state index is 10.8. The van der Waals surface area contributed by atoms with Crippen LogP contribution in [-0.2, 0) is 17.9 Å². The molecule has 0 spiro atoms. The molecule has 0 saturated carbocycles. The molecule has 0 saturated heterocycles. The fraction of sp³-hybridized carbons (Fsp3) is 0.182. The number of nitrogens with zero attached hydrogens (tertiary/aromatic N) is 6. The SMILES string of the molecule is CS[C@@H](Cn1nnc2cc(C#Cc3ccc(-n4ccnc4CO)cc3)ccc21)N(O)C=O. The molecule has 2 N–H and O–H groups in total. The summed E-state index contributed by atoms with van der Waals surface area (Å²) in [6, 6.07) is 13.3. The third-order valence-corrected chi connectivity index (χ3v) is 5.78. The fourth-order valence-corrected chi connectivity index (χ4v) is 3.76. The van der Waals surface area contributed by atoms with E-state index in [0.29, 0.717) is 29.4 Å². The Morgan fingerprint density at radius 2 is 1.94 bits per heavy atom. The van der Waals surface area contributed by atoms with Gasteiger partial charge in [-0.1, -0.05) is 17.1 Å². The second-order valence-corrected chi connectivity index (χ2v) is 7.83. The average molecular weight is 449 g/mol. The number of hydroxylamine groups is 2. The van der Waals surface area contributed by atoms with Crippen LogP contribution in [0.1, 0.15) is 17.0 Å². The van der Waals surface area contributed by atoms with Crippen LogP contribution in [0.15, 0.2) is 54.9 Å². The number of aromatic nitrogens is 5. The smallest absolute Gasteiger partial charge is 0.234 e. The first kappa shape index (κ1) is 21.6. The van der Waals surface area contributed by atoms with Gasteiger partial charge in [0.2, 0.25) is 6.41 Å². The molecule has 0 radical (unpaired) electrons. The molecule has 0 fully saturated rings. The number of aliphatic hydroxyl groups excluding tert-OH is 1. The number of carbonyl (C=O) groups is 1. The van der Waals surface area contributed by atoms with E-state index in [1.165, 1.54) is 11.8 Å². The highest BCUT2D eigenvalue weighted by atomic mass is 32.2. The van der Waals surface area contributed by atoms with Crippen LogP contribution in [-0.4, -0.2) is 58.0 Å². The van der Waals surface area contributed by atoms with E-state index in [0.717, 1.165) is 22.3 Å². The van der Waals surface area contributed by atoms with Gasteiger partial charge in [-0.25, -0.2) is 14.7 Å². The summed E-state index contributed by atoms with van der Waals surface area (Å²) in [5, 5.41) is 27.5. The van der Waals surface area contributed by atoms with Gasteiger partial charge in [-0.15, -0.1) is 16.9 Å². The van der Waals surface area contributed by atoms with E-state index >= 15 is 0 Å². The standard InChI is InChI=1S/C22H20N6O3S/c1-32-22(28(31)15-30)13-27-20-9-6-17(12-19(20)24-25-27)3-2-16-4-7-18(8-5-16)26-11-10-23-21(26)14-29/h4-12,15,22,29,31H,13-14H2,1H3/t22-/m0/s1. The van der Waals surface area contributed by atoms with Gasteiger partial charge in [-0.3, -0.25) is 10.0 Å². The quantitative estimate of drug-likeness (QED) is 0.146. The highest BCUT2D eigenvalue weighted by Gasteiger charge is 2.17. The number of rotatable bonds is 7. The lowest BCUT2D eigenvalue weighted by molar-refractivity contribution is -0.153. The predicted molar refractivity (Wildman–Crippen MR) is 120 cm³/mol. The van der Waals surface area contributed by atoms with Crippen molar-refractivity contribution in [1.29, 1.82) is 0 Å². The summed E-state index contributed by atoms with van der Waals surface area (Å²) in [6.07, 6.45) is 5.63. The number of fused-ring (bicyclic) bond motifs is 1. The number of carbonyl (C=O) groups excluding carboxylic acids is 1. The van der Waals surface area contributed by atoms with E-state index in [4.69, 9.17) is 0 Å². The van der Waals surface area contributed by atoms with Crippen LogP contribution in [0.25, 0.3) is 16.7 Å². The Bertz CT molecular complexity index is 1290. The molecule has 4 aromatic rings. The zero-order chi connectivity index (χ0) is 22.5. The Kier molecular flexibility index (Phi) is 6.51. The van der Waals surface area contributed by atoms with E-state index in [1.54, 1.807) is 23.3 Å². The second kappa shape index (κ2) is 9.65. The normalized spacial score (nSPS) is 11.7. The highest BCUT2D eigenvalue weighted by molar-refractivity contribution is 7.99. The van der Waals surface area contributed by atoms with E-state index in [9.17, 15) is 15.1 Å². The maximum atomic E-state index is 10.8. The molecule has 2 heterocycles. The molecule has 10 heteroatoms. The van der Waals surface area contributed by atoms with Crippen molar-refractivity contribution in [2.24, 2.45) is 0 Å². The summed E-state index contributed by atoms with van der Waals surface area (Å²) in [6.45, 7) is 0.175. The van der Waals surface area contributed by atoms with E-state index < -0.39 is 5.37 Å². The van der Waals surface area contributed by atoms with Gasteiger partial charge in [0.1, 0.15) is 23.3 Å². The van der Waals surface area contributed by atoms with Crippen molar-refractivity contribution in [3.8, 4) is 17.5 Å². The predicted octanol–water partition coefficient (Wildman–Crippen LogP) is 2.05. The van der Waals surface area contributed by atoms with Crippen molar-refractivity contribution in [1.82, 2.24) is 29.6 Å². The van der Waals surface area contributed by atoms with E-state index in [1.807, 2.05) is 47.0 Å². The lowest BCUT2D eigenvalue weighted by Gasteiger charge is -2.20. The molecule has 0 bridgehead atoms. The number of hydrogen-bond donors (Lipinski definition) is 2.